The summed E-state index contributed by atoms with van der Waals surface area (Å²) in [5.74, 6) is 1.32. The molecule has 1 aromatic heterocycles. The van der Waals surface area contributed by atoms with E-state index in [9.17, 15) is 0 Å². The number of benzene rings is 1. The highest BCUT2D eigenvalue weighted by Crippen LogP contribution is 2.27. The van der Waals surface area contributed by atoms with Gasteiger partial charge < -0.3 is 5.32 Å². The quantitative estimate of drug-likeness (QED) is 0.894. The van der Waals surface area contributed by atoms with Crippen molar-refractivity contribution < 1.29 is 0 Å². The van der Waals surface area contributed by atoms with Gasteiger partial charge >= 0.3 is 0 Å². The van der Waals surface area contributed by atoms with Crippen LogP contribution in [0.25, 0.3) is 11.3 Å². The molecule has 0 fully saturated rings. The first-order valence-corrected chi connectivity index (χ1v) is 6.91. The molecule has 2 heterocycles. The molecule has 0 radical (unpaired) electrons. The number of fused-ring (bicyclic) bond motifs is 1. The molecule has 3 nitrogen and oxygen atoms in total. The highest BCUT2D eigenvalue weighted by Gasteiger charge is 2.19. The van der Waals surface area contributed by atoms with Crippen LogP contribution < -0.4 is 5.32 Å². The third-order valence-corrected chi connectivity index (χ3v) is 3.51. The highest BCUT2D eigenvalue weighted by molar-refractivity contribution is 5.64. The third kappa shape index (κ3) is 2.38. The number of rotatable bonds is 2. The molecule has 0 spiro atoms. The van der Waals surface area contributed by atoms with Crippen molar-refractivity contribution in [2.45, 2.75) is 32.7 Å². The predicted molar refractivity (Wildman–Crippen MR) is 77.0 cm³/mol. The molecule has 1 aromatic carbocycles. The monoisotopic (exact) mass is 253 g/mol. The van der Waals surface area contributed by atoms with Crippen LogP contribution in [0.4, 0.5) is 0 Å². The molecular weight excluding hydrogens is 234 g/mol. The van der Waals surface area contributed by atoms with Crippen molar-refractivity contribution in [3.63, 3.8) is 0 Å². The molecule has 1 aliphatic heterocycles. The van der Waals surface area contributed by atoms with Crippen LogP contribution in [-0.4, -0.2) is 16.5 Å². The van der Waals surface area contributed by atoms with Gasteiger partial charge in [0.15, 0.2) is 0 Å². The molecule has 1 aliphatic rings. The Labute approximate surface area is 114 Å². The minimum atomic E-state index is 0.364. The molecule has 0 amide bonds. The SMILES string of the molecule is CC(C)c1nc2c(c(-c3ccccc3)n1)CNCC2. The number of aromatic nitrogens is 2. The first kappa shape index (κ1) is 12.3. The fraction of sp³-hybridized carbons (Fsp3) is 0.375. The van der Waals surface area contributed by atoms with Crippen LogP contribution in [0.2, 0.25) is 0 Å². The van der Waals surface area contributed by atoms with E-state index in [2.05, 4.69) is 43.4 Å². The van der Waals surface area contributed by atoms with Crippen LogP contribution in [-0.2, 0) is 13.0 Å². The lowest BCUT2D eigenvalue weighted by Crippen LogP contribution is -2.26. The maximum atomic E-state index is 4.80. The van der Waals surface area contributed by atoms with Crippen molar-refractivity contribution >= 4 is 0 Å². The van der Waals surface area contributed by atoms with Crippen LogP contribution in [0.5, 0.6) is 0 Å². The van der Waals surface area contributed by atoms with Gasteiger partial charge in [-0.05, 0) is 0 Å². The Hall–Kier alpha value is -1.74. The fourth-order valence-corrected chi connectivity index (χ4v) is 2.46. The summed E-state index contributed by atoms with van der Waals surface area (Å²) in [4.78, 5) is 9.55. The van der Waals surface area contributed by atoms with Crippen LogP contribution in [0.3, 0.4) is 0 Å². The largest absolute Gasteiger partial charge is 0.312 e. The Morgan fingerprint density at radius 2 is 1.89 bits per heavy atom. The Morgan fingerprint density at radius 1 is 1.11 bits per heavy atom. The van der Waals surface area contributed by atoms with E-state index in [0.717, 1.165) is 31.0 Å². The zero-order valence-corrected chi connectivity index (χ0v) is 11.5. The number of hydrogen-bond donors (Lipinski definition) is 1. The van der Waals surface area contributed by atoms with Gasteiger partial charge in [-0.2, -0.15) is 0 Å². The van der Waals surface area contributed by atoms with E-state index in [1.165, 1.54) is 16.8 Å². The minimum Gasteiger partial charge on any atom is -0.312 e. The summed E-state index contributed by atoms with van der Waals surface area (Å²) >= 11 is 0. The topological polar surface area (TPSA) is 37.8 Å². The van der Waals surface area contributed by atoms with E-state index in [0.29, 0.717) is 5.92 Å². The van der Waals surface area contributed by atoms with Crippen molar-refractivity contribution in [2.24, 2.45) is 0 Å². The summed E-state index contributed by atoms with van der Waals surface area (Å²) in [6.07, 6.45) is 0.997. The third-order valence-electron chi connectivity index (χ3n) is 3.51. The minimum absolute atomic E-state index is 0.364. The number of nitrogens with one attached hydrogen (secondary N) is 1. The second-order valence-corrected chi connectivity index (χ2v) is 5.30. The summed E-state index contributed by atoms with van der Waals surface area (Å²) in [5, 5.41) is 3.42. The summed E-state index contributed by atoms with van der Waals surface area (Å²) in [6.45, 7) is 6.18. The second-order valence-electron chi connectivity index (χ2n) is 5.30. The van der Waals surface area contributed by atoms with Gasteiger partial charge in [-0.3, -0.25) is 0 Å². The van der Waals surface area contributed by atoms with Crippen LogP contribution in [0.15, 0.2) is 30.3 Å². The molecule has 2 aromatic rings. The van der Waals surface area contributed by atoms with Crippen LogP contribution in [0.1, 0.15) is 36.8 Å². The Morgan fingerprint density at radius 3 is 2.63 bits per heavy atom. The molecule has 98 valence electrons. The Balaban J connectivity index is 2.19. The van der Waals surface area contributed by atoms with E-state index in [1.807, 2.05) is 6.07 Å². The van der Waals surface area contributed by atoms with E-state index >= 15 is 0 Å². The average Bonchev–Trinajstić information content (AvgIpc) is 2.47. The maximum absolute atomic E-state index is 4.80. The molecule has 3 rings (SSSR count). The predicted octanol–water partition coefficient (Wildman–Crippen LogP) is 2.91. The van der Waals surface area contributed by atoms with Crippen LogP contribution in [0, 0.1) is 0 Å². The van der Waals surface area contributed by atoms with E-state index < -0.39 is 0 Å². The van der Waals surface area contributed by atoms with Crippen molar-refractivity contribution in [1.29, 1.82) is 0 Å². The van der Waals surface area contributed by atoms with E-state index in [4.69, 9.17) is 9.97 Å². The first-order valence-electron chi connectivity index (χ1n) is 6.91. The molecule has 1 N–H and O–H groups in total. The molecular formula is C16H19N3. The second kappa shape index (κ2) is 5.10. The van der Waals surface area contributed by atoms with Crippen molar-refractivity contribution in [2.75, 3.05) is 6.54 Å². The molecule has 0 bridgehead atoms. The van der Waals surface area contributed by atoms with Gasteiger partial charge in [-0.25, -0.2) is 9.97 Å². The number of hydrogen-bond acceptors (Lipinski definition) is 3. The van der Waals surface area contributed by atoms with Crippen molar-refractivity contribution in [1.82, 2.24) is 15.3 Å². The zero-order chi connectivity index (χ0) is 13.2. The molecule has 0 atom stereocenters. The van der Waals surface area contributed by atoms with Gasteiger partial charge in [-0.1, -0.05) is 44.2 Å². The van der Waals surface area contributed by atoms with Gasteiger partial charge in [0.05, 0.1) is 11.4 Å². The zero-order valence-electron chi connectivity index (χ0n) is 11.5. The highest BCUT2D eigenvalue weighted by atomic mass is 15.0. The molecule has 0 unspecified atom stereocenters. The molecule has 19 heavy (non-hydrogen) atoms. The standard InChI is InChI=1S/C16H19N3/c1-11(2)16-18-14-8-9-17-10-13(14)15(19-16)12-6-4-3-5-7-12/h3-7,11,17H,8-10H2,1-2H3. The fourth-order valence-electron chi connectivity index (χ4n) is 2.46. The maximum Gasteiger partial charge on any atom is 0.131 e. The van der Waals surface area contributed by atoms with Gasteiger partial charge in [-0.15, -0.1) is 0 Å². The smallest absolute Gasteiger partial charge is 0.131 e. The lowest BCUT2D eigenvalue weighted by Gasteiger charge is -2.21. The van der Waals surface area contributed by atoms with Gasteiger partial charge in [0.25, 0.3) is 0 Å². The lowest BCUT2D eigenvalue weighted by atomic mass is 9.99. The van der Waals surface area contributed by atoms with Crippen molar-refractivity contribution in [3.05, 3.63) is 47.4 Å². The summed E-state index contributed by atoms with van der Waals surface area (Å²) in [6, 6.07) is 10.4. The normalized spacial score (nSPS) is 14.5. The summed E-state index contributed by atoms with van der Waals surface area (Å²) in [7, 11) is 0. The first-order chi connectivity index (χ1) is 9.25. The van der Waals surface area contributed by atoms with Crippen molar-refractivity contribution in [3.8, 4) is 11.3 Å². The summed E-state index contributed by atoms with van der Waals surface area (Å²) < 4.78 is 0. The van der Waals surface area contributed by atoms with Gasteiger partial charge in [0.1, 0.15) is 5.82 Å². The van der Waals surface area contributed by atoms with Crippen LogP contribution >= 0.6 is 0 Å². The lowest BCUT2D eigenvalue weighted by molar-refractivity contribution is 0.616. The van der Waals surface area contributed by atoms with Gasteiger partial charge in [0, 0.05) is 36.6 Å². The Bertz CT molecular complexity index is 576. The molecule has 0 saturated carbocycles. The van der Waals surface area contributed by atoms with E-state index in [1.54, 1.807) is 0 Å². The molecule has 0 aliphatic carbocycles. The van der Waals surface area contributed by atoms with E-state index in [-0.39, 0.29) is 0 Å². The number of nitrogens with zero attached hydrogens (tertiary/aromatic N) is 2. The average molecular weight is 253 g/mol. The Kier molecular flexibility index (Phi) is 3.30. The molecule has 0 saturated heterocycles. The molecule has 3 heteroatoms. The van der Waals surface area contributed by atoms with Gasteiger partial charge in [0.2, 0.25) is 0 Å². The summed E-state index contributed by atoms with van der Waals surface area (Å²) in [5.41, 5.74) is 4.77.